The fourth-order valence-corrected chi connectivity index (χ4v) is 2.40. The van der Waals surface area contributed by atoms with Crippen LogP contribution in [0.2, 0.25) is 0 Å². The van der Waals surface area contributed by atoms with Gasteiger partial charge in [-0.2, -0.15) is 0 Å². The Labute approximate surface area is 132 Å². The Kier molecular flexibility index (Phi) is 5.15. The van der Waals surface area contributed by atoms with Crippen molar-refractivity contribution in [2.75, 3.05) is 0 Å². The molecule has 0 heterocycles. The summed E-state index contributed by atoms with van der Waals surface area (Å²) in [6.45, 7) is 8.46. The highest BCUT2D eigenvalue weighted by Gasteiger charge is 2.19. The molecule has 0 spiro atoms. The van der Waals surface area contributed by atoms with Gasteiger partial charge in [-0.3, -0.25) is 4.79 Å². The van der Waals surface area contributed by atoms with Crippen LogP contribution in [-0.4, -0.2) is 10.9 Å². The summed E-state index contributed by atoms with van der Waals surface area (Å²) in [4.78, 5) is 12.4. The molecule has 0 saturated heterocycles. The summed E-state index contributed by atoms with van der Waals surface area (Å²) in [6, 6.07) is 15.1. The molecule has 0 aliphatic heterocycles. The molecule has 0 aliphatic rings. The molecule has 0 radical (unpaired) electrons. The standard InChI is InChI=1S/C20H24O2/c1-13(2)15-5-9-17(10-6-15)19(21)20(22)18-11-7-16(8-12-18)14(3)4/h5-14,19,21H,1-4H3/t19-/m0/s1. The van der Waals surface area contributed by atoms with E-state index in [1.54, 1.807) is 12.1 Å². The van der Waals surface area contributed by atoms with Gasteiger partial charge in [-0.05, 0) is 28.5 Å². The molecule has 2 heteroatoms. The van der Waals surface area contributed by atoms with Crippen LogP contribution in [0, 0.1) is 0 Å². The first-order chi connectivity index (χ1) is 10.4. The Hall–Kier alpha value is -1.93. The molecule has 2 nitrogen and oxygen atoms in total. The van der Waals surface area contributed by atoms with Crippen LogP contribution in [0.25, 0.3) is 0 Å². The van der Waals surface area contributed by atoms with E-state index < -0.39 is 6.10 Å². The molecule has 0 aliphatic carbocycles. The minimum Gasteiger partial charge on any atom is -0.380 e. The molecule has 22 heavy (non-hydrogen) atoms. The fraction of sp³-hybridized carbons (Fsp3) is 0.350. The van der Waals surface area contributed by atoms with Gasteiger partial charge < -0.3 is 5.11 Å². The van der Waals surface area contributed by atoms with E-state index in [1.807, 2.05) is 36.4 Å². The van der Waals surface area contributed by atoms with Crippen LogP contribution in [0.15, 0.2) is 48.5 Å². The number of aliphatic hydroxyl groups is 1. The predicted molar refractivity (Wildman–Crippen MR) is 90.4 cm³/mol. The second kappa shape index (κ2) is 6.89. The summed E-state index contributed by atoms with van der Waals surface area (Å²) in [5, 5.41) is 10.3. The molecular weight excluding hydrogens is 272 g/mol. The maximum atomic E-state index is 12.4. The smallest absolute Gasteiger partial charge is 0.195 e. The zero-order valence-electron chi connectivity index (χ0n) is 13.7. The normalized spacial score (nSPS) is 12.7. The van der Waals surface area contributed by atoms with E-state index in [0.717, 1.165) is 0 Å². The SMILES string of the molecule is CC(C)c1ccc(C(=O)[C@@H](O)c2ccc(C(C)C)cc2)cc1. The molecule has 0 saturated carbocycles. The van der Waals surface area contributed by atoms with Crippen molar-refractivity contribution in [2.24, 2.45) is 0 Å². The van der Waals surface area contributed by atoms with Crippen LogP contribution in [-0.2, 0) is 0 Å². The van der Waals surface area contributed by atoms with E-state index in [1.165, 1.54) is 11.1 Å². The molecular formula is C20H24O2. The number of benzene rings is 2. The number of hydrogen-bond donors (Lipinski definition) is 1. The van der Waals surface area contributed by atoms with Crippen LogP contribution < -0.4 is 0 Å². The van der Waals surface area contributed by atoms with Gasteiger partial charge in [-0.1, -0.05) is 76.2 Å². The first-order valence-corrected chi connectivity index (χ1v) is 7.82. The molecule has 1 atom stereocenters. The van der Waals surface area contributed by atoms with E-state index in [9.17, 15) is 9.90 Å². The van der Waals surface area contributed by atoms with E-state index in [0.29, 0.717) is 23.0 Å². The van der Waals surface area contributed by atoms with Crippen molar-refractivity contribution in [1.82, 2.24) is 0 Å². The average Bonchev–Trinajstić information content (AvgIpc) is 2.53. The van der Waals surface area contributed by atoms with Gasteiger partial charge in [-0.15, -0.1) is 0 Å². The first-order valence-electron chi connectivity index (χ1n) is 7.82. The summed E-state index contributed by atoms with van der Waals surface area (Å²) >= 11 is 0. The fourth-order valence-electron chi connectivity index (χ4n) is 2.40. The molecule has 2 aromatic rings. The Morgan fingerprint density at radius 2 is 1.09 bits per heavy atom. The summed E-state index contributed by atoms with van der Waals surface area (Å²) in [6.07, 6.45) is -1.11. The molecule has 1 N–H and O–H groups in total. The number of ketones is 1. The lowest BCUT2D eigenvalue weighted by molar-refractivity contribution is 0.0747. The summed E-state index contributed by atoms with van der Waals surface area (Å²) in [7, 11) is 0. The van der Waals surface area contributed by atoms with E-state index in [2.05, 4.69) is 27.7 Å². The molecule has 0 unspecified atom stereocenters. The molecule has 2 rings (SSSR count). The number of aliphatic hydroxyl groups excluding tert-OH is 1. The third-order valence-electron chi connectivity index (χ3n) is 4.03. The number of rotatable bonds is 5. The second-order valence-corrected chi connectivity index (χ2v) is 6.36. The molecule has 0 amide bonds. The molecule has 116 valence electrons. The van der Waals surface area contributed by atoms with Gasteiger partial charge in [0.25, 0.3) is 0 Å². The Balaban J connectivity index is 2.17. The highest BCUT2D eigenvalue weighted by atomic mass is 16.3. The molecule has 2 aromatic carbocycles. The number of carbonyl (C=O) groups is 1. The Bertz CT molecular complexity index is 622. The number of Topliss-reactive ketones (excluding diaryl/α,β-unsaturated/α-hetero) is 1. The van der Waals surface area contributed by atoms with Gasteiger partial charge in [0, 0.05) is 5.56 Å². The van der Waals surface area contributed by atoms with Crippen LogP contribution in [0.3, 0.4) is 0 Å². The number of hydrogen-bond acceptors (Lipinski definition) is 2. The van der Waals surface area contributed by atoms with Crippen LogP contribution in [0.4, 0.5) is 0 Å². The predicted octanol–water partition coefficient (Wildman–Crippen LogP) is 4.85. The van der Waals surface area contributed by atoms with Gasteiger partial charge in [0.1, 0.15) is 6.10 Å². The highest BCUT2D eigenvalue weighted by molar-refractivity contribution is 5.99. The third kappa shape index (κ3) is 3.63. The van der Waals surface area contributed by atoms with Crippen molar-refractivity contribution in [3.05, 3.63) is 70.8 Å². The zero-order valence-corrected chi connectivity index (χ0v) is 13.7. The van der Waals surface area contributed by atoms with Crippen molar-refractivity contribution >= 4 is 5.78 Å². The largest absolute Gasteiger partial charge is 0.380 e. The number of carbonyl (C=O) groups excluding carboxylic acids is 1. The van der Waals surface area contributed by atoms with Crippen LogP contribution in [0.5, 0.6) is 0 Å². The lowest BCUT2D eigenvalue weighted by atomic mass is 9.95. The lowest BCUT2D eigenvalue weighted by Gasteiger charge is -2.13. The summed E-state index contributed by atoms with van der Waals surface area (Å²) in [5.41, 5.74) is 3.57. The second-order valence-electron chi connectivity index (χ2n) is 6.36. The highest BCUT2D eigenvalue weighted by Crippen LogP contribution is 2.23. The average molecular weight is 296 g/mol. The monoisotopic (exact) mass is 296 g/mol. The van der Waals surface area contributed by atoms with E-state index in [4.69, 9.17) is 0 Å². The topological polar surface area (TPSA) is 37.3 Å². The van der Waals surface area contributed by atoms with E-state index >= 15 is 0 Å². The van der Waals surface area contributed by atoms with Gasteiger partial charge in [0.2, 0.25) is 0 Å². The zero-order chi connectivity index (χ0) is 16.3. The molecule has 0 fully saturated rings. The maximum absolute atomic E-state index is 12.4. The summed E-state index contributed by atoms with van der Waals surface area (Å²) < 4.78 is 0. The Morgan fingerprint density at radius 3 is 1.50 bits per heavy atom. The maximum Gasteiger partial charge on any atom is 0.195 e. The van der Waals surface area contributed by atoms with Gasteiger partial charge in [-0.25, -0.2) is 0 Å². The van der Waals surface area contributed by atoms with Gasteiger partial charge in [0.05, 0.1) is 0 Å². The molecule has 0 bridgehead atoms. The minimum absolute atomic E-state index is 0.257. The van der Waals surface area contributed by atoms with Gasteiger partial charge >= 0.3 is 0 Å². The van der Waals surface area contributed by atoms with Gasteiger partial charge in [0.15, 0.2) is 5.78 Å². The van der Waals surface area contributed by atoms with E-state index in [-0.39, 0.29) is 5.78 Å². The lowest BCUT2D eigenvalue weighted by Crippen LogP contribution is -2.12. The quantitative estimate of drug-likeness (QED) is 0.801. The first kappa shape index (κ1) is 16.4. The van der Waals surface area contributed by atoms with Crippen molar-refractivity contribution in [2.45, 2.75) is 45.6 Å². The summed E-state index contributed by atoms with van der Waals surface area (Å²) in [5.74, 6) is 0.607. The van der Waals surface area contributed by atoms with Crippen molar-refractivity contribution in [3.63, 3.8) is 0 Å². The van der Waals surface area contributed by atoms with Crippen LogP contribution in [0.1, 0.15) is 72.7 Å². The van der Waals surface area contributed by atoms with Crippen LogP contribution >= 0.6 is 0 Å². The van der Waals surface area contributed by atoms with Crippen molar-refractivity contribution in [1.29, 1.82) is 0 Å². The third-order valence-corrected chi connectivity index (χ3v) is 4.03. The van der Waals surface area contributed by atoms with Crippen molar-refractivity contribution in [3.8, 4) is 0 Å². The minimum atomic E-state index is -1.11. The van der Waals surface area contributed by atoms with Crippen molar-refractivity contribution < 1.29 is 9.90 Å². The molecule has 0 aromatic heterocycles. The Morgan fingerprint density at radius 1 is 0.727 bits per heavy atom.